The first-order chi connectivity index (χ1) is 14.7. The number of amides is 1. The Kier molecular flexibility index (Phi) is 7.30. The number of hydrogen-bond donors (Lipinski definition) is 1. The monoisotopic (exact) mass is 468 g/mol. The van der Waals surface area contributed by atoms with Crippen LogP contribution < -0.4 is 5.32 Å². The maximum Gasteiger partial charge on any atom is 0.324 e. The number of carbonyl (C=O) groups is 2. The Morgan fingerprint density at radius 3 is 2.58 bits per heavy atom. The fourth-order valence-corrected chi connectivity index (χ4v) is 5.15. The quantitative estimate of drug-likeness (QED) is 0.655. The Labute approximate surface area is 185 Å². The Bertz CT molecular complexity index is 1080. The van der Waals surface area contributed by atoms with E-state index in [0.29, 0.717) is 19.3 Å². The summed E-state index contributed by atoms with van der Waals surface area (Å²) >= 11 is 5.86. The third kappa shape index (κ3) is 5.61. The number of benzene rings is 2. The number of nitrogens with one attached hydrogen (secondary N) is 1. The van der Waals surface area contributed by atoms with Gasteiger partial charge in [0.1, 0.15) is 11.9 Å². The molecule has 3 rings (SSSR count). The third-order valence-electron chi connectivity index (χ3n) is 4.90. The van der Waals surface area contributed by atoms with Crippen molar-refractivity contribution in [2.75, 3.05) is 18.5 Å². The number of esters is 1. The molecule has 2 aromatic carbocycles. The minimum atomic E-state index is -3.89. The first kappa shape index (κ1) is 23.2. The number of sulfonamides is 1. The van der Waals surface area contributed by atoms with Crippen molar-refractivity contribution < 1.29 is 27.1 Å². The van der Waals surface area contributed by atoms with Crippen molar-refractivity contribution in [3.63, 3.8) is 0 Å². The summed E-state index contributed by atoms with van der Waals surface area (Å²) in [5, 5.41) is 2.42. The number of ether oxygens (including phenoxy) is 1. The van der Waals surface area contributed by atoms with E-state index in [-0.39, 0.29) is 22.2 Å². The van der Waals surface area contributed by atoms with Crippen LogP contribution >= 0.6 is 11.6 Å². The molecule has 0 aliphatic carbocycles. The molecule has 1 heterocycles. The van der Waals surface area contributed by atoms with Crippen LogP contribution in [0.3, 0.4) is 0 Å². The Morgan fingerprint density at radius 1 is 1.19 bits per heavy atom. The number of rotatable bonds is 6. The molecule has 7 nitrogen and oxygen atoms in total. The lowest BCUT2D eigenvalue weighted by molar-refractivity contribution is -0.152. The summed E-state index contributed by atoms with van der Waals surface area (Å²) in [5.41, 5.74) is 1.09. The topological polar surface area (TPSA) is 92.8 Å². The lowest BCUT2D eigenvalue weighted by Gasteiger charge is -2.33. The predicted octanol–water partition coefficient (Wildman–Crippen LogP) is 3.51. The van der Waals surface area contributed by atoms with Gasteiger partial charge in [-0.2, -0.15) is 4.31 Å². The molecule has 1 saturated heterocycles. The van der Waals surface area contributed by atoms with E-state index in [1.807, 2.05) is 6.92 Å². The minimum Gasteiger partial charge on any atom is -0.454 e. The van der Waals surface area contributed by atoms with E-state index < -0.39 is 40.4 Å². The van der Waals surface area contributed by atoms with Crippen molar-refractivity contribution in [3.05, 3.63) is 58.9 Å². The van der Waals surface area contributed by atoms with E-state index in [2.05, 4.69) is 5.32 Å². The van der Waals surface area contributed by atoms with Crippen LogP contribution in [0, 0.1) is 12.7 Å². The molecule has 1 atom stereocenters. The molecular formula is C21H22ClFN2O5S. The molecule has 1 fully saturated rings. The standard InChI is InChI=1S/C21H22ClFN2O5S/c1-14-5-8-16(9-6-14)31(28,29)25-11-3-2-4-19(25)21(27)30-13-20(26)24-18-10-7-15(23)12-17(18)22/h5-10,12,19H,2-4,11,13H2,1H3,(H,24,26). The molecule has 166 valence electrons. The number of carbonyl (C=O) groups excluding carboxylic acids is 2. The number of aryl methyl sites for hydroxylation is 1. The van der Waals surface area contributed by atoms with Crippen LogP contribution in [-0.4, -0.2) is 43.8 Å². The van der Waals surface area contributed by atoms with Crippen molar-refractivity contribution in [2.45, 2.75) is 37.1 Å². The van der Waals surface area contributed by atoms with Crippen molar-refractivity contribution in [1.82, 2.24) is 4.31 Å². The van der Waals surface area contributed by atoms with Gasteiger partial charge >= 0.3 is 5.97 Å². The number of anilines is 1. The van der Waals surface area contributed by atoms with Crippen LogP contribution in [-0.2, 0) is 24.3 Å². The van der Waals surface area contributed by atoms with Crippen LogP contribution in [0.5, 0.6) is 0 Å². The lowest BCUT2D eigenvalue weighted by atomic mass is 10.1. The van der Waals surface area contributed by atoms with Gasteiger partial charge in [-0.1, -0.05) is 29.3 Å². The molecule has 0 saturated carbocycles. The van der Waals surface area contributed by atoms with Crippen LogP contribution in [0.15, 0.2) is 47.4 Å². The van der Waals surface area contributed by atoms with Crippen LogP contribution in [0.25, 0.3) is 0 Å². The summed E-state index contributed by atoms with van der Waals surface area (Å²) in [5.74, 6) is -2.03. The third-order valence-corrected chi connectivity index (χ3v) is 7.14. The lowest BCUT2D eigenvalue weighted by Crippen LogP contribution is -2.48. The van der Waals surface area contributed by atoms with E-state index in [1.54, 1.807) is 12.1 Å². The number of halogens is 2. The SMILES string of the molecule is Cc1ccc(S(=O)(=O)N2CCCCC2C(=O)OCC(=O)Nc2ccc(F)cc2Cl)cc1. The normalized spacial score (nSPS) is 17.2. The van der Waals surface area contributed by atoms with E-state index >= 15 is 0 Å². The van der Waals surface area contributed by atoms with Gasteiger partial charge in [0.05, 0.1) is 15.6 Å². The highest BCUT2D eigenvalue weighted by Crippen LogP contribution is 2.27. The fourth-order valence-electron chi connectivity index (χ4n) is 3.28. The van der Waals surface area contributed by atoms with Gasteiger partial charge in [-0.15, -0.1) is 0 Å². The summed E-state index contributed by atoms with van der Waals surface area (Å²) in [4.78, 5) is 24.8. The summed E-state index contributed by atoms with van der Waals surface area (Å²) in [6.45, 7) is 1.41. The Morgan fingerprint density at radius 2 is 1.90 bits per heavy atom. The second-order valence-corrected chi connectivity index (χ2v) is 9.52. The van der Waals surface area contributed by atoms with Gasteiger partial charge in [0.2, 0.25) is 10.0 Å². The molecule has 2 aromatic rings. The zero-order chi connectivity index (χ0) is 22.6. The molecule has 1 amide bonds. The molecule has 1 aliphatic heterocycles. The number of hydrogen-bond acceptors (Lipinski definition) is 5. The maximum atomic E-state index is 13.1. The van der Waals surface area contributed by atoms with Crippen molar-refractivity contribution in [1.29, 1.82) is 0 Å². The molecule has 0 bridgehead atoms. The van der Waals surface area contributed by atoms with Gasteiger partial charge in [-0.05, 0) is 56.5 Å². The molecule has 0 aromatic heterocycles. The molecule has 31 heavy (non-hydrogen) atoms. The summed E-state index contributed by atoms with van der Waals surface area (Å²) in [7, 11) is -3.89. The summed E-state index contributed by atoms with van der Waals surface area (Å²) in [6, 6.07) is 8.83. The summed E-state index contributed by atoms with van der Waals surface area (Å²) < 4.78 is 45.4. The molecule has 10 heteroatoms. The van der Waals surface area contributed by atoms with Gasteiger partial charge in [0.15, 0.2) is 6.61 Å². The van der Waals surface area contributed by atoms with Gasteiger partial charge < -0.3 is 10.1 Å². The predicted molar refractivity (Wildman–Crippen MR) is 114 cm³/mol. The van der Waals surface area contributed by atoms with Crippen molar-refractivity contribution in [2.24, 2.45) is 0 Å². The first-order valence-electron chi connectivity index (χ1n) is 9.68. The zero-order valence-electron chi connectivity index (χ0n) is 16.8. The second kappa shape index (κ2) is 9.76. The molecule has 1 unspecified atom stereocenters. The van der Waals surface area contributed by atoms with Crippen molar-refractivity contribution in [3.8, 4) is 0 Å². The average molecular weight is 469 g/mol. The Hall–Kier alpha value is -2.49. The smallest absolute Gasteiger partial charge is 0.324 e. The largest absolute Gasteiger partial charge is 0.454 e. The van der Waals surface area contributed by atoms with E-state index in [0.717, 1.165) is 22.0 Å². The van der Waals surface area contributed by atoms with Crippen LogP contribution in [0.1, 0.15) is 24.8 Å². The van der Waals surface area contributed by atoms with Gasteiger partial charge in [-0.25, -0.2) is 12.8 Å². The number of nitrogens with zero attached hydrogens (tertiary/aromatic N) is 1. The average Bonchev–Trinajstić information content (AvgIpc) is 2.74. The molecule has 0 radical (unpaired) electrons. The molecular weight excluding hydrogens is 447 g/mol. The van der Waals surface area contributed by atoms with E-state index in [1.165, 1.54) is 18.2 Å². The van der Waals surface area contributed by atoms with Gasteiger partial charge in [-0.3, -0.25) is 9.59 Å². The van der Waals surface area contributed by atoms with Gasteiger partial charge in [0.25, 0.3) is 5.91 Å². The Balaban J connectivity index is 1.66. The highest BCUT2D eigenvalue weighted by Gasteiger charge is 2.38. The number of piperidine rings is 1. The fraction of sp³-hybridized carbons (Fsp3) is 0.333. The highest BCUT2D eigenvalue weighted by atomic mass is 35.5. The second-order valence-electron chi connectivity index (χ2n) is 7.22. The summed E-state index contributed by atoms with van der Waals surface area (Å²) in [6.07, 6.45) is 1.59. The molecule has 1 N–H and O–H groups in total. The van der Waals surface area contributed by atoms with Crippen molar-refractivity contribution >= 4 is 39.2 Å². The van der Waals surface area contributed by atoms with Crippen LogP contribution in [0.2, 0.25) is 5.02 Å². The molecule has 0 spiro atoms. The maximum absolute atomic E-state index is 13.1. The van der Waals surface area contributed by atoms with Crippen LogP contribution in [0.4, 0.5) is 10.1 Å². The van der Waals surface area contributed by atoms with Gasteiger partial charge in [0, 0.05) is 6.54 Å². The molecule has 1 aliphatic rings. The highest BCUT2D eigenvalue weighted by molar-refractivity contribution is 7.89. The zero-order valence-corrected chi connectivity index (χ0v) is 18.4. The minimum absolute atomic E-state index is 0.00215. The van der Waals surface area contributed by atoms with E-state index in [4.69, 9.17) is 16.3 Å². The van der Waals surface area contributed by atoms with E-state index in [9.17, 15) is 22.4 Å². The first-order valence-corrected chi connectivity index (χ1v) is 11.5.